The molecule has 3 saturated heterocycles. The van der Waals surface area contributed by atoms with E-state index in [-0.39, 0.29) is 23.9 Å². The van der Waals surface area contributed by atoms with Crippen molar-refractivity contribution in [3.05, 3.63) is 66.0 Å². The summed E-state index contributed by atoms with van der Waals surface area (Å²) in [6.07, 6.45) is 3.54. The normalized spacial score (nSPS) is 21.9. The molecular formula is C21H24N4O2. The molecule has 5 rings (SSSR count). The van der Waals surface area contributed by atoms with Gasteiger partial charge < -0.3 is 15.1 Å². The van der Waals surface area contributed by atoms with Gasteiger partial charge in [-0.25, -0.2) is 4.79 Å². The summed E-state index contributed by atoms with van der Waals surface area (Å²) >= 11 is 0. The van der Waals surface area contributed by atoms with Gasteiger partial charge >= 0.3 is 6.03 Å². The number of urea groups is 1. The van der Waals surface area contributed by atoms with Crippen molar-refractivity contribution in [1.82, 2.24) is 20.1 Å². The number of amides is 3. The molecule has 3 aliphatic rings. The smallest absolute Gasteiger partial charge is 0.317 e. The second kappa shape index (κ2) is 7.78. The van der Waals surface area contributed by atoms with Gasteiger partial charge in [-0.2, -0.15) is 0 Å². The third kappa shape index (κ3) is 3.94. The molecule has 1 aromatic heterocycles. The maximum Gasteiger partial charge on any atom is 0.317 e. The molecule has 140 valence electrons. The van der Waals surface area contributed by atoms with Gasteiger partial charge in [0.25, 0.3) is 0 Å². The Bertz CT molecular complexity index is 796. The van der Waals surface area contributed by atoms with E-state index in [2.05, 4.69) is 10.3 Å². The van der Waals surface area contributed by atoms with Crippen LogP contribution in [-0.2, 0) is 17.9 Å². The fraction of sp³-hybridized carbons (Fsp3) is 0.381. The fourth-order valence-electron chi connectivity index (χ4n) is 3.97. The van der Waals surface area contributed by atoms with Gasteiger partial charge in [-0.05, 0) is 30.5 Å². The number of nitrogens with zero attached hydrogens (tertiary/aromatic N) is 3. The molecule has 1 N–H and O–H groups in total. The molecule has 3 amide bonds. The van der Waals surface area contributed by atoms with Gasteiger partial charge in [0.15, 0.2) is 0 Å². The van der Waals surface area contributed by atoms with Gasteiger partial charge in [0.2, 0.25) is 5.91 Å². The summed E-state index contributed by atoms with van der Waals surface area (Å²) in [6.45, 7) is 2.09. The van der Waals surface area contributed by atoms with Crippen molar-refractivity contribution in [3.8, 4) is 0 Å². The second-order valence-corrected chi connectivity index (χ2v) is 7.26. The molecule has 1 aromatic carbocycles. The first-order valence-electron chi connectivity index (χ1n) is 9.48. The minimum Gasteiger partial charge on any atom is -0.334 e. The van der Waals surface area contributed by atoms with Gasteiger partial charge in [0, 0.05) is 31.9 Å². The maximum atomic E-state index is 12.9. The summed E-state index contributed by atoms with van der Waals surface area (Å²) in [4.78, 5) is 33.7. The van der Waals surface area contributed by atoms with Crippen molar-refractivity contribution in [2.45, 2.75) is 32.0 Å². The Morgan fingerprint density at radius 2 is 1.89 bits per heavy atom. The van der Waals surface area contributed by atoms with E-state index in [0.717, 1.165) is 24.1 Å². The van der Waals surface area contributed by atoms with Crippen molar-refractivity contribution in [1.29, 1.82) is 0 Å². The average Bonchev–Trinajstić information content (AvgIpc) is 3.00. The Morgan fingerprint density at radius 1 is 1.07 bits per heavy atom. The monoisotopic (exact) mass is 364 g/mol. The predicted molar refractivity (Wildman–Crippen MR) is 102 cm³/mol. The quantitative estimate of drug-likeness (QED) is 0.906. The lowest BCUT2D eigenvalue weighted by Gasteiger charge is -2.35. The molecule has 0 spiro atoms. The first-order chi connectivity index (χ1) is 13.2. The van der Waals surface area contributed by atoms with Crippen molar-refractivity contribution in [2.24, 2.45) is 5.92 Å². The Labute approximate surface area is 159 Å². The molecule has 0 unspecified atom stereocenters. The lowest BCUT2D eigenvalue weighted by Crippen LogP contribution is -2.48. The van der Waals surface area contributed by atoms with Gasteiger partial charge in [-0.1, -0.05) is 36.4 Å². The Morgan fingerprint density at radius 3 is 2.67 bits per heavy atom. The summed E-state index contributed by atoms with van der Waals surface area (Å²) in [6, 6.07) is 15.6. The lowest BCUT2D eigenvalue weighted by molar-refractivity contribution is -0.140. The first kappa shape index (κ1) is 17.5. The van der Waals surface area contributed by atoms with Crippen molar-refractivity contribution < 1.29 is 9.59 Å². The molecule has 3 fully saturated rings. The largest absolute Gasteiger partial charge is 0.334 e. The minimum atomic E-state index is -0.116. The summed E-state index contributed by atoms with van der Waals surface area (Å²) in [5, 5.41) is 2.99. The molecule has 6 nitrogen and oxygen atoms in total. The minimum absolute atomic E-state index is 0.0562. The predicted octanol–water partition coefficient (Wildman–Crippen LogP) is 2.41. The van der Waals surface area contributed by atoms with Gasteiger partial charge in [0.1, 0.15) is 0 Å². The molecule has 3 aliphatic heterocycles. The third-order valence-corrected chi connectivity index (χ3v) is 5.43. The van der Waals surface area contributed by atoms with E-state index < -0.39 is 0 Å². The van der Waals surface area contributed by atoms with Crippen molar-refractivity contribution in [2.75, 3.05) is 13.1 Å². The van der Waals surface area contributed by atoms with Crippen molar-refractivity contribution in [3.63, 3.8) is 0 Å². The van der Waals surface area contributed by atoms with Gasteiger partial charge in [0.05, 0.1) is 18.2 Å². The van der Waals surface area contributed by atoms with Crippen LogP contribution in [0.1, 0.15) is 24.1 Å². The highest BCUT2D eigenvalue weighted by molar-refractivity contribution is 5.82. The number of carbonyl (C=O) groups is 2. The molecular weight excluding hydrogens is 340 g/mol. The highest BCUT2D eigenvalue weighted by Gasteiger charge is 2.41. The van der Waals surface area contributed by atoms with E-state index in [1.165, 1.54) is 0 Å². The Kier molecular flexibility index (Phi) is 5.05. The number of rotatable bonds is 4. The van der Waals surface area contributed by atoms with Crippen LogP contribution in [0.3, 0.4) is 0 Å². The summed E-state index contributed by atoms with van der Waals surface area (Å²) in [7, 11) is 0. The van der Waals surface area contributed by atoms with Crippen LogP contribution in [0.2, 0.25) is 0 Å². The molecule has 0 saturated carbocycles. The van der Waals surface area contributed by atoms with E-state index in [9.17, 15) is 9.59 Å². The number of benzene rings is 1. The van der Waals surface area contributed by atoms with Crippen LogP contribution in [0.5, 0.6) is 0 Å². The van der Waals surface area contributed by atoms with Crippen LogP contribution >= 0.6 is 0 Å². The van der Waals surface area contributed by atoms with Crippen LogP contribution in [0.4, 0.5) is 4.79 Å². The highest BCUT2D eigenvalue weighted by atomic mass is 16.2. The Balaban J connectivity index is 1.42. The highest BCUT2D eigenvalue weighted by Crippen LogP contribution is 2.30. The average molecular weight is 364 g/mol. The van der Waals surface area contributed by atoms with Crippen LogP contribution in [-0.4, -0.2) is 45.9 Å². The van der Waals surface area contributed by atoms with E-state index in [4.69, 9.17) is 0 Å². The van der Waals surface area contributed by atoms with Crippen LogP contribution in [0.25, 0.3) is 0 Å². The molecule has 6 heteroatoms. The number of nitrogens with one attached hydrogen (secondary N) is 1. The van der Waals surface area contributed by atoms with Gasteiger partial charge in [-0.3, -0.25) is 9.78 Å². The number of carbonyl (C=O) groups excluding carboxylic acids is 2. The maximum absolute atomic E-state index is 12.9. The number of piperidine rings is 1. The number of pyridine rings is 1. The zero-order valence-electron chi connectivity index (χ0n) is 15.3. The second-order valence-electron chi connectivity index (χ2n) is 7.26. The zero-order valence-corrected chi connectivity index (χ0v) is 15.3. The summed E-state index contributed by atoms with van der Waals surface area (Å²) < 4.78 is 0. The topological polar surface area (TPSA) is 65.5 Å². The Hall–Kier alpha value is -2.89. The lowest BCUT2D eigenvalue weighted by atomic mass is 9.94. The number of hydrogen-bond donors (Lipinski definition) is 1. The van der Waals surface area contributed by atoms with Crippen LogP contribution < -0.4 is 5.32 Å². The SMILES string of the molecule is O=C(NCc1ccccc1)N1C[C@@H]2CC[C@H](C1)N(Cc1ccccn1)C2=O. The van der Waals surface area contributed by atoms with Gasteiger partial charge in [-0.15, -0.1) is 0 Å². The van der Waals surface area contributed by atoms with E-state index >= 15 is 0 Å². The van der Waals surface area contributed by atoms with Crippen molar-refractivity contribution >= 4 is 11.9 Å². The fourth-order valence-corrected chi connectivity index (χ4v) is 3.97. The summed E-state index contributed by atoms with van der Waals surface area (Å²) in [5.74, 6) is 0.0326. The zero-order chi connectivity index (χ0) is 18.6. The molecule has 2 aromatic rings. The van der Waals surface area contributed by atoms with E-state index in [0.29, 0.717) is 26.2 Å². The van der Waals surface area contributed by atoms with Crippen LogP contribution in [0.15, 0.2) is 54.7 Å². The number of fused-ring (bicyclic) bond motifs is 4. The van der Waals surface area contributed by atoms with E-state index in [1.807, 2.05) is 58.3 Å². The first-order valence-corrected chi connectivity index (χ1v) is 9.48. The third-order valence-electron chi connectivity index (χ3n) is 5.43. The molecule has 2 bridgehead atoms. The molecule has 0 radical (unpaired) electrons. The standard InChI is InChI=1S/C21H24N4O2/c26-20-17-9-10-19(25(20)14-18-8-4-5-11-22-18)15-24(13-17)21(27)23-12-16-6-2-1-3-7-16/h1-8,11,17,19H,9-10,12-15H2,(H,23,27)/t17-,19+/m0/s1. The molecule has 27 heavy (non-hydrogen) atoms. The number of hydrogen-bond acceptors (Lipinski definition) is 3. The van der Waals surface area contributed by atoms with E-state index in [1.54, 1.807) is 6.20 Å². The molecule has 4 heterocycles. The summed E-state index contributed by atoms with van der Waals surface area (Å²) in [5.41, 5.74) is 1.95. The molecule has 0 aliphatic carbocycles. The molecule has 2 atom stereocenters. The van der Waals surface area contributed by atoms with Crippen LogP contribution in [0, 0.1) is 5.92 Å². The number of aromatic nitrogens is 1.